The standard InChI is InChI=1S/C18H24N4O3.ClH/c1-12-15(18(23)20-8-14-11-24-4-5-25-14)2-3-17-16(12)10-22(21-17)9-13-6-19-7-13;/h2-3,10,13-14,19H,4-9,11H2,1H3,(H,20,23);1H. The Morgan fingerprint density at radius 3 is 2.92 bits per heavy atom. The van der Waals surface area contributed by atoms with Gasteiger partial charge < -0.3 is 20.1 Å². The second-order valence-corrected chi connectivity index (χ2v) is 6.82. The summed E-state index contributed by atoms with van der Waals surface area (Å²) in [6, 6.07) is 3.78. The maximum atomic E-state index is 12.5. The molecule has 1 unspecified atom stereocenters. The second kappa shape index (κ2) is 8.35. The molecule has 2 aliphatic heterocycles. The van der Waals surface area contributed by atoms with E-state index in [1.165, 1.54) is 0 Å². The third kappa shape index (κ3) is 4.01. The van der Waals surface area contributed by atoms with E-state index in [9.17, 15) is 4.79 Å². The third-order valence-electron chi connectivity index (χ3n) is 4.94. The summed E-state index contributed by atoms with van der Waals surface area (Å²) in [5, 5.41) is 11.9. The maximum absolute atomic E-state index is 12.5. The van der Waals surface area contributed by atoms with Gasteiger partial charge in [-0.2, -0.15) is 5.10 Å². The topological polar surface area (TPSA) is 77.4 Å². The summed E-state index contributed by atoms with van der Waals surface area (Å²) in [5.41, 5.74) is 2.59. The minimum atomic E-state index is -0.0792. The number of rotatable bonds is 5. The summed E-state index contributed by atoms with van der Waals surface area (Å²) < 4.78 is 12.9. The summed E-state index contributed by atoms with van der Waals surface area (Å²) in [5.74, 6) is 0.569. The number of nitrogens with one attached hydrogen (secondary N) is 2. The summed E-state index contributed by atoms with van der Waals surface area (Å²) in [4.78, 5) is 12.5. The Kier molecular flexibility index (Phi) is 6.13. The first-order valence-electron chi connectivity index (χ1n) is 8.86. The van der Waals surface area contributed by atoms with Gasteiger partial charge in [-0.3, -0.25) is 9.48 Å². The van der Waals surface area contributed by atoms with Crippen LogP contribution in [0.25, 0.3) is 10.9 Å². The van der Waals surface area contributed by atoms with E-state index in [0.717, 1.165) is 36.1 Å². The first-order chi connectivity index (χ1) is 12.2. The molecule has 0 aliphatic carbocycles. The van der Waals surface area contributed by atoms with Gasteiger partial charge in [0.1, 0.15) is 0 Å². The van der Waals surface area contributed by atoms with Gasteiger partial charge in [0.2, 0.25) is 0 Å². The van der Waals surface area contributed by atoms with E-state index in [-0.39, 0.29) is 24.4 Å². The van der Waals surface area contributed by atoms with E-state index < -0.39 is 0 Å². The number of fused-ring (bicyclic) bond motifs is 1. The highest BCUT2D eigenvalue weighted by Crippen LogP contribution is 2.22. The van der Waals surface area contributed by atoms with Crippen LogP contribution in [0.15, 0.2) is 18.3 Å². The van der Waals surface area contributed by atoms with Crippen molar-refractivity contribution in [3.63, 3.8) is 0 Å². The summed E-state index contributed by atoms with van der Waals surface area (Å²) in [7, 11) is 0. The molecule has 2 N–H and O–H groups in total. The number of benzene rings is 1. The van der Waals surface area contributed by atoms with Crippen molar-refractivity contribution < 1.29 is 14.3 Å². The average Bonchev–Trinajstić information content (AvgIpc) is 3.01. The van der Waals surface area contributed by atoms with Crippen molar-refractivity contribution in [2.45, 2.75) is 19.6 Å². The van der Waals surface area contributed by atoms with E-state index in [1.807, 2.05) is 23.7 Å². The van der Waals surface area contributed by atoms with Gasteiger partial charge >= 0.3 is 0 Å². The predicted octanol–water partition coefficient (Wildman–Crippen LogP) is 1.13. The molecule has 4 rings (SSSR count). The number of carbonyl (C=O) groups is 1. The smallest absolute Gasteiger partial charge is 0.251 e. The lowest BCUT2D eigenvalue weighted by Crippen LogP contribution is -2.44. The van der Waals surface area contributed by atoms with Crippen LogP contribution in [0.3, 0.4) is 0 Å². The van der Waals surface area contributed by atoms with E-state index in [4.69, 9.17) is 9.47 Å². The van der Waals surface area contributed by atoms with Crippen LogP contribution in [-0.4, -0.2) is 61.2 Å². The molecule has 0 spiro atoms. The molecule has 2 aliphatic rings. The Labute approximate surface area is 158 Å². The molecule has 2 fully saturated rings. The molecule has 0 bridgehead atoms. The molecule has 1 aromatic heterocycles. The summed E-state index contributed by atoms with van der Waals surface area (Å²) in [6.07, 6.45) is 1.98. The van der Waals surface area contributed by atoms with Crippen molar-refractivity contribution in [1.29, 1.82) is 0 Å². The highest BCUT2D eigenvalue weighted by atomic mass is 35.5. The van der Waals surface area contributed by atoms with Gasteiger partial charge in [0, 0.05) is 49.2 Å². The van der Waals surface area contributed by atoms with Crippen LogP contribution in [0.2, 0.25) is 0 Å². The molecule has 0 radical (unpaired) electrons. The van der Waals surface area contributed by atoms with E-state index >= 15 is 0 Å². The molecule has 142 valence electrons. The van der Waals surface area contributed by atoms with Gasteiger partial charge in [-0.1, -0.05) is 0 Å². The Morgan fingerprint density at radius 1 is 1.38 bits per heavy atom. The molecule has 1 amide bonds. The number of nitrogens with zero attached hydrogens (tertiary/aromatic N) is 2. The van der Waals surface area contributed by atoms with Crippen molar-refractivity contribution in [2.75, 3.05) is 39.5 Å². The number of halogens is 1. The molecule has 0 saturated carbocycles. The van der Waals surface area contributed by atoms with Gasteiger partial charge in [0.15, 0.2) is 0 Å². The zero-order valence-corrected chi connectivity index (χ0v) is 15.7. The van der Waals surface area contributed by atoms with Gasteiger partial charge in [0.05, 0.1) is 31.4 Å². The fraction of sp³-hybridized carbons (Fsp3) is 0.556. The number of ether oxygens (including phenoxy) is 2. The van der Waals surface area contributed by atoms with Crippen LogP contribution in [0.4, 0.5) is 0 Å². The molecule has 2 saturated heterocycles. The van der Waals surface area contributed by atoms with Crippen LogP contribution in [0.5, 0.6) is 0 Å². The Bertz CT molecular complexity index is 769. The SMILES string of the molecule is Cc1c(C(=O)NCC2COCCO2)ccc2nn(CC3CNC3)cc12.Cl. The molecular weight excluding hydrogens is 356 g/mol. The fourth-order valence-corrected chi connectivity index (χ4v) is 3.32. The van der Waals surface area contributed by atoms with Gasteiger partial charge in [0.25, 0.3) is 5.91 Å². The minimum Gasteiger partial charge on any atom is -0.376 e. The van der Waals surface area contributed by atoms with Crippen LogP contribution >= 0.6 is 12.4 Å². The fourth-order valence-electron chi connectivity index (χ4n) is 3.32. The molecule has 7 nitrogen and oxygen atoms in total. The molecule has 3 heterocycles. The van der Waals surface area contributed by atoms with Crippen molar-refractivity contribution >= 4 is 29.2 Å². The lowest BCUT2D eigenvalue weighted by Gasteiger charge is -2.26. The molecule has 1 atom stereocenters. The zero-order valence-electron chi connectivity index (χ0n) is 14.9. The van der Waals surface area contributed by atoms with Crippen molar-refractivity contribution in [1.82, 2.24) is 20.4 Å². The predicted molar refractivity (Wildman–Crippen MR) is 101 cm³/mol. The highest BCUT2D eigenvalue weighted by Gasteiger charge is 2.20. The zero-order chi connectivity index (χ0) is 17.2. The summed E-state index contributed by atoms with van der Waals surface area (Å²) in [6.45, 7) is 7.20. The lowest BCUT2D eigenvalue weighted by atomic mass is 10.0. The quantitative estimate of drug-likeness (QED) is 0.813. The number of aryl methyl sites for hydroxylation is 1. The Morgan fingerprint density at radius 2 is 2.23 bits per heavy atom. The molecule has 8 heteroatoms. The van der Waals surface area contributed by atoms with Crippen molar-refractivity contribution in [3.8, 4) is 0 Å². The van der Waals surface area contributed by atoms with Crippen LogP contribution in [0.1, 0.15) is 15.9 Å². The van der Waals surface area contributed by atoms with Gasteiger partial charge in [-0.25, -0.2) is 0 Å². The van der Waals surface area contributed by atoms with E-state index in [1.54, 1.807) is 0 Å². The molecule has 2 aromatic rings. The largest absolute Gasteiger partial charge is 0.376 e. The van der Waals surface area contributed by atoms with Crippen molar-refractivity contribution in [3.05, 3.63) is 29.5 Å². The molecular formula is C18H25ClN4O3. The van der Waals surface area contributed by atoms with Gasteiger partial charge in [-0.15, -0.1) is 12.4 Å². The van der Waals surface area contributed by atoms with Crippen molar-refractivity contribution in [2.24, 2.45) is 5.92 Å². The van der Waals surface area contributed by atoms with Crippen LogP contribution < -0.4 is 10.6 Å². The average molecular weight is 381 g/mol. The van der Waals surface area contributed by atoms with E-state index in [0.29, 0.717) is 37.8 Å². The van der Waals surface area contributed by atoms with Crippen LogP contribution in [-0.2, 0) is 16.0 Å². The number of amides is 1. The Hall–Kier alpha value is -1.67. The van der Waals surface area contributed by atoms with Gasteiger partial charge in [-0.05, 0) is 24.6 Å². The maximum Gasteiger partial charge on any atom is 0.251 e. The highest BCUT2D eigenvalue weighted by molar-refractivity contribution is 6.00. The first kappa shape index (κ1) is 19.1. The number of aromatic nitrogens is 2. The Balaban J connectivity index is 0.00000196. The molecule has 26 heavy (non-hydrogen) atoms. The normalized spacial score (nSPS) is 20.4. The minimum absolute atomic E-state index is 0. The van der Waals surface area contributed by atoms with Crippen LogP contribution in [0, 0.1) is 12.8 Å². The third-order valence-corrected chi connectivity index (χ3v) is 4.94. The van der Waals surface area contributed by atoms with E-state index in [2.05, 4.69) is 21.9 Å². The number of carbonyl (C=O) groups excluding carboxylic acids is 1. The lowest BCUT2D eigenvalue weighted by molar-refractivity contribution is -0.0855. The number of hydrogen-bond donors (Lipinski definition) is 2. The monoisotopic (exact) mass is 380 g/mol. The first-order valence-corrected chi connectivity index (χ1v) is 8.86. The second-order valence-electron chi connectivity index (χ2n) is 6.82. The summed E-state index contributed by atoms with van der Waals surface area (Å²) >= 11 is 0. The molecule has 1 aromatic carbocycles. The number of hydrogen-bond acceptors (Lipinski definition) is 5.